The molecule has 0 saturated heterocycles. The Morgan fingerprint density at radius 1 is 1.14 bits per heavy atom. The third-order valence-electron chi connectivity index (χ3n) is 3.64. The zero-order chi connectivity index (χ0) is 15.8. The SMILES string of the molecule is Cc1ccc(-n2[nH]c(C(C)(C)C)c(CC(C)C)c2=O)cc1. The highest BCUT2D eigenvalue weighted by Gasteiger charge is 2.25. The van der Waals surface area contributed by atoms with Gasteiger partial charge < -0.3 is 0 Å². The molecule has 0 bridgehead atoms. The van der Waals surface area contributed by atoms with Crippen LogP contribution >= 0.6 is 0 Å². The van der Waals surface area contributed by atoms with E-state index in [2.05, 4.69) is 39.7 Å². The normalized spacial score (nSPS) is 12.1. The maximum absolute atomic E-state index is 12.8. The quantitative estimate of drug-likeness (QED) is 0.911. The van der Waals surface area contributed by atoms with E-state index in [0.717, 1.165) is 23.4 Å². The second-order valence-electron chi connectivity index (χ2n) is 7.29. The summed E-state index contributed by atoms with van der Waals surface area (Å²) < 4.78 is 1.68. The molecular weight excluding hydrogens is 260 g/mol. The molecule has 1 aromatic heterocycles. The van der Waals surface area contributed by atoms with Gasteiger partial charge in [0, 0.05) is 16.7 Å². The fraction of sp³-hybridized carbons (Fsp3) is 0.500. The van der Waals surface area contributed by atoms with Gasteiger partial charge >= 0.3 is 0 Å². The molecule has 0 radical (unpaired) electrons. The molecule has 2 aromatic rings. The minimum absolute atomic E-state index is 0.0701. The maximum atomic E-state index is 12.8. The van der Waals surface area contributed by atoms with Crippen molar-refractivity contribution in [3.05, 3.63) is 51.4 Å². The van der Waals surface area contributed by atoms with E-state index in [0.29, 0.717) is 5.92 Å². The highest BCUT2D eigenvalue weighted by Crippen LogP contribution is 2.24. The van der Waals surface area contributed by atoms with Gasteiger partial charge in [0.2, 0.25) is 0 Å². The van der Waals surface area contributed by atoms with E-state index >= 15 is 0 Å². The standard InChI is InChI=1S/C18H26N2O/c1-12(2)11-15-16(18(4,5)6)19-20(17(15)21)14-9-7-13(3)8-10-14/h7-10,12,19H,11H2,1-6H3. The van der Waals surface area contributed by atoms with E-state index in [9.17, 15) is 4.79 Å². The van der Waals surface area contributed by atoms with Crippen molar-refractivity contribution in [3.8, 4) is 5.69 Å². The molecule has 0 fully saturated rings. The summed E-state index contributed by atoms with van der Waals surface area (Å²) in [5, 5.41) is 3.34. The lowest BCUT2D eigenvalue weighted by Gasteiger charge is -2.19. The summed E-state index contributed by atoms with van der Waals surface area (Å²) in [5.74, 6) is 0.459. The molecule has 0 atom stereocenters. The molecule has 2 rings (SSSR count). The van der Waals surface area contributed by atoms with E-state index in [1.165, 1.54) is 5.56 Å². The van der Waals surface area contributed by atoms with Gasteiger partial charge in [0.25, 0.3) is 5.56 Å². The van der Waals surface area contributed by atoms with Crippen molar-refractivity contribution in [1.82, 2.24) is 9.78 Å². The molecule has 1 N–H and O–H groups in total. The van der Waals surface area contributed by atoms with Crippen LogP contribution in [-0.2, 0) is 11.8 Å². The van der Waals surface area contributed by atoms with Crippen LogP contribution in [0, 0.1) is 12.8 Å². The molecule has 1 heterocycles. The molecule has 0 unspecified atom stereocenters. The van der Waals surface area contributed by atoms with Gasteiger partial charge in [-0.3, -0.25) is 9.89 Å². The van der Waals surface area contributed by atoms with E-state index in [-0.39, 0.29) is 11.0 Å². The van der Waals surface area contributed by atoms with Gasteiger partial charge in [-0.2, -0.15) is 0 Å². The Balaban J connectivity index is 2.61. The minimum atomic E-state index is -0.0701. The number of hydrogen-bond acceptors (Lipinski definition) is 1. The van der Waals surface area contributed by atoms with Crippen molar-refractivity contribution >= 4 is 0 Å². The van der Waals surface area contributed by atoms with Crippen LogP contribution in [0.15, 0.2) is 29.1 Å². The summed E-state index contributed by atoms with van der Waals surface area (Å²) in [6, 6.07) is 8.03. The summed E-state index contributed by atoms with van der Waals surface area (Å²) in [6.07, 6.45) is 0.806. The highest BCUT2D eigenvalue weighted by molar-refractivity contribution is 5.36. The molecule has 0 spiro atoms. The van der Waals surface area contributed by atoms with Gasteiger partial charge in [0.15, 0.2) is 0 Å². The van der Waals surface area contributed by atoms with Gasteiger partial charge in [0.1, 0.15) is 0 Å². The number of rotatable bonds is 3. The Labute approximate surface area is 127 Å². The number of H-pyrrole nitrogens is 1. The van der Waals surface area contributed by atoms with Gasteiger partial charge in [-0.1, -0.05) is 52.3 Å². The largest absolute Gasteiger partial charge is 0.294 e. The van der Waals surface area contributed by atoms with Crippen LogP contribution < -0.4 is 5.56 Å². The van der Waals surface area contributed by atoms with Crippen molar-refractivity contribution in [2.75, 3.05) is 0 Å². The van der Waals surface area contributed by atoms with Crippen molar-refractivity contribution < 1.29 is 0 Å². The first-order valence-corrected chi connectivity index (χ1v) is 7.61. The third-order valence-corrected chi connectivity index (χ3v) is 3.64. The van der Waals surface area contributed by atoms with Gasteiger partial charge in [0.05, 0.1) is 5.69 Å². The van der Waals surface area contributed by atoms with Gasteiger partial charge in [-0.15, -0.1) is 0 Å². The summed E-state index contributed by atoms with van der Waals surface area (Å²) in [4.78, 5) is 12.8. The molecule has 0 saturated carbocycles. The van der Waals surface area contributed by atoms with Crippen LogP contribution in [0.25, 0.3) is 5.69 Å². The average Bonchev–Trinajstić information content (AvgIpc) is 2.68. The lowest BCUT2D eigenvalue weighted by molar-refractivity contribution is 0.545. The third kappa shape index (κ3) is 3.29. The van der Waals surface area contributed by atoms with Crippen LogP contribution in [0.1, 0.15) is 51.4 Å². The van der Waals surface area contributed by atoms with E-state index in [4.69, 9.17) is 0 Å². The Morgan fingerprint density at radius 2 is 1.71 bits per heavy atom. The molecule has 0 amide bonds. The molecule has 1 aromatic carbocycles. The Kier molecular flexibility index (Phi) is 4.13. The predicted molar refractivity (Wildman–Crippen MR) is 88.4 cm³/mol. The van der Waals surface area contributed by atoms with Crippen LogP contribution in [0.5, 0.6) is 0 Å². The number of nitrogens with zero attached hydrogens (tertiary/aromatic N) is 1. The van der Waals surface area contributed by atoms with Crippen molar-refractivity contribution in [1.29, 1.82) is 0 Å². The molecule has 21 heavy (non-hydrogen) atoms. The lowest BCUT2D eigenvalue weighted by atomic mass is 9.87. The van der Waals surface area contributed by atoms with E-state index in [1.54, 1.807) is 4.68 Å². The summed E-state index contributed by atoms with van der Waals surface area (Å²) >= 11 is 0. The van der Waals surface area contributed by atoms with Crippen molar-refractivity contribution in [2.45, 2.75) is 53.4 Å². The Hall–Kier alpha value is -1.77. The zero-order valence-electron chi connectivity index (χ0n) is 13.9. The molecule has 0 aliphatic carbocycles. The Morgan fingerprint density at radius 3 is 2.19 bits per heavy atom. The molecule has 0 aliphatic heterocycles. The molecule has 3 heteroatoms. The molecule has 114 valence electrons. The number of nitrogens with one attached hydrogen (secondary N) is 1. The molecule has 0 aliphatic rings. The number of aromatic nitrogens is 2. The molecular formula is C18H26N2O. The zero-order valence-corrected chi connectivity index (χ0v) is 13.9. The first-order valence-electron chi connectivity index (χ1n) is 7.61. The number of aromatic amines is 1. The minimum Gasteiger partial charge on any atom is -0.294 e. The van der Waals surface area contributed by atoms with Gasteiger partial charge in [-0.25, -0.2) is 4.68 Å². The topological polar surface area (TPSA) is 37.8 Å². The van der Waals surface area contributed by atoms with E-state index < -0.39 is 0 Å². The highest BCUT2D eigenvalue weighted by atomic mass is 16.1. The first-order chi connectivity index (χ1) is 9.70. The van der Waals surface area contributed by atoms with Crippen molar-refractivity contribution in [2.24, 2.45) is 5.92 Å². The monoisotopic (exact) mass is 286 g/mol. The summed E-state index contributed by atoms with van der Waals surface area (Å²) in [6.45, 7) is 12.8. The fourth-order valence-corrected chi connectivity index (χ4v) is 2.57. The van der Waals surface area contributed by atoms with Gasteiger partial charge in [-0.05, 0) is 31.4 Å². The second kappa shape index (κ2) is 5.55. The molecule has 3 nitrogen and oxygen atoms in total. The fourth-order valence-electron chi connectivity index (χ4n) is 2.57. The first kappa shape index (κ1) is 15.6. The summed E-state index contributed by atoms with van der Waals surface area (Å²) in [7, 11) is 0. The van der Waals surface area contributed by atoms with Crippen molar-refractivity contribution in [3.63, 3.8) is 0 Å². The van der Waals surface area contributed by atoms with Crippen LogP contribution in [-0.4, -0.2) is 9.78 Å². The smallest absolute Gasteiger partial charge is 0.274 e. The number of hydrogen-bond donors (Lipinski definition) is 1. The maximum Gasteiger partial charge on any atom is 0.274 e. The average molecular weight is 286 g/mol. The predicted octanol–water partition coefficient (Wildman–Crippen LogP) is 3.97. The van der Waals surface area contributed by atoms with Crippen LogP contribution in [0.3, 0.4) is 0 Å². The second-order valence-corrected chi connectivity index (χ2v) is 7.29. The number of aryl methyl sites for hydroxylation is 1. The Bertz CT molecular complexity index is 667. The lowest BCUT2D eigenvalue weighted by Crippen LogP contribution is -2.19. The van der Waals surface area contributed by atoms with Crippen LogP contribution in [0.2, 0.25) is 0 Å². The van der Waals surface area contributed by atoms with Crippen LogP contribution in [0.4, 0.5) is 0 Å². The summed E-state index contributed by atoms with van der Waals surface area (Å²) in [5.41, 5.74) is 4.06. The number of benzene rings is 1. The van der Waals surface area contributed by atoms with E-state index in [1.807, 2.05) is 31.2 Å².